The van der Waals surface area contributed by atoms with Gasteiger partial charge in [-0.1, -0.05) is 274 Å². The molecule has 0 bridgehead atoms. The summed E-state index contributed by atoms with van der Waals surface area (Å²) in [5.74, 6) is -0.952. The van der Waals surface area contributed by atoms with Crippen molar-refractivity contribution in [1.82, 2.24) is 0 Å². The van der Waals surface area contributed by atoms with Crippen LogP contribution in [0, 0.1) is 0 Å². The molecular formula is C63H112O6. The zero-order chi connectivity index (χ0) is 50.0. The Morgan fingerprint density at radius 3 is 0.971 bits per heavy atom. The van der Waals surface area contributed by atoms with E-state index >= 15 is 0 Å². The maximum absolute atomic E-state index is 12.9. The summed E-state index contributed by atoms with van der Waals surface area (Å²) in [5, 5.41) is 0. The Morgan fingerprint density at radius 2 is 0.594 bits per heavy atom. The second-order valence-corrected chi connectivity index (χ2v) is 19.9. The topological polar surface area (TPSA) is 78.9 Å². The third-order valence-electron chi connectivity index (χ3n) is 13.0. The minimum Gasteiger partial charge on any atom is -0.462 e. The molecule has 0 N–H and O–H groups in total. The van der Waals surface area contributed by atoms with Crippen LogP contribution in [-0.4, -0.2) is 37.2 Å². The molecule has 6 nitrogen and oxygen atoms in total. The molecular weight excluding hydrogens is 853 g/mol. The number of ether oxygens (including phenoxy) is 3. The van der Waals surface area contributed by atoms with Gasteiger partial charge in [0.2, 0.25) is 0 Å². The van der Waals surface area contributed by atoms with Crippen molar-refractivity contribution in [3.8, 4) is 0 Å². The van der Waals surface area contributed by atoms with Gasteiger partial charge in [0.15, 0.2) is 6.10 Å². The highest BCUT2D eigenvalue weighted by atomic mass is 16.6. The number of carbonyl (C=O) groups is 3. The van der Waals surface area contributed by atoms with E-state index in [0.717, 1.165) is 70.6 Å². The first-order chi connectivity index (χ1) is 34.0. The van der Waals surface area contributed by atoms with Crippen LogP contribution in [0.15, 0.2) is 60.8 Å². The summed E-state index contributed by atoms with van der Waals surface area (Å²) >= 11 is 0. The van der Waals surface area contributed by atoms with Crippen LogP contribution in [0.2, 0.25) is 0 Å². The molecule has 1 unspecified atom stereocenters. The number of rotatable bonds is 54. The molecule has 0 heterocycles. The Bertz CT molecular complexity index is 1250. The van der Waals surface area contributed by atoms with E-state index in [1.165, 1.54) is 186 Å². The zero-order valence-electron chi connectivity index (χ0n) is 45.8. The molecule has 0 fully saturated rings. The molecule has 0 saturated carbocycles. The van der Waals surface area contributed by atoms with Gasteiger partial charge in [0.25, 0.3) is 0 Å². The maximum Gasteiger partial charge on any atom is 0.306 e. The van der Waals surface area contributed by atoms with Crippen molar-refractivity contribution >= 4 is 17.9 Å². The van der Waals surface area contributed by atoms with Crippen LogP contribution in [0.4, 0.5) is 0 Å². The highest BCUT2D eigenvalue weighted by molar-refractivity contribution is 5.71. The number of hydrogen-bond donors (Lipinski definition) is 0. The molecule has 0 aliphatic carbocycles. The van der Waals surface area contributed by atoms with Crippen molar-refractivity contribution < 1.29 is 28.6 Å². The van der Waals surface area contributed by atoms with E-state index in [1.807, 2.05) is 6.08 Å². The number of esters is 3. The molecule has 0 aromatic carbocycles. The first-order valence-electron chi connectivity index (χ1n) is 29.8. The first kappa shape index (κ1) is 66.1. The van der Waals surface area contributed by atoms with Gasteiger partial charge >= 0.3 is 17.9 Å². The fraction of sp³-hybridized carbons (Fsp3) is 0.794. The van der Waals surface area contributed by atoms with E-state index in [2.05, 4.69) is 75.5 Å². The van der Waals surface area contributed by atoms with Gasteiger partial charge in [0, 0.05) is 19.3 Å². The monoisotopic (exact) mass is 965 g/mol. The Labute approximate surface area is 428 Å². The van der Waals surface area contributed by atoms with Crippen molar-refractivity contribution in [2.45, 2.75) is 309 Å². The third kappa shape index (κ3) is 55.9. The predicted molar refractivity (Wildman–Crippen MR) is 298 cm³/mol. The van der Waals surface area contributed by atoms with Crippen molar-refractivity contribution in [1.29, 1.82) is 0 Å². The summed E-state index contributed by atoms with van der Waals surface area (Å²) in [4.78, 5) is 38.1. The SMILES string of the molecule is CC/C=C\C/C=C\C/C=C\CCCCCCCCCCCC(=O)OCC(COC(=O)CC/C=C\C/C=C\CCCCCCCC)OC(=O)CCCCCCCCCCCCCCCCCCCCC. The van der Waals surface area contributed by atoms with Crippen molar-refractivity contribution in [2.24, 2.45) is 0 Å². The van der Waals surface area contributed by atoms with Gasteiger partial charge in [-0.3, -0.25) is 14.4 Å². The standard InChI is InChI=1S/C63H112O6/c1-4-7-10-13-16-19-22-25-27-29-31-33-35-38-41-44-47-50-53-56-62(65)68-59-60(58-67-61(64)55-52-49-46-43-40-37-24-21-18-15-12-9-6-3)69-63(66)57-54-51-48-45-42-39-36-34-32-30-28-26-23-20-17-14-11-8-5-2/h7,10,16,19,25,27,37,40,46,49,60H,4-6,8-9,11-15,17-18,20-24,26,28-36,38-39,41-45,47-48,50-59H2,1-3H3/b10-7-,19-16-,27-25-,40-37-,49-46-. The normalized spacial score (nSPS) is 12.4. The number of carbonyl (C=O) groups excluding carboxylic acids is 3. The van der Waals surface area contributed by atoms with Crippen LogP contribution in [0.3, 0.4) is 0 Å². The minimum atomic E-state index is -0.797. The van der Waals surface area contributed by atoms with Gasteiger partial charge in [0.1, 0.15) is 13.2 Å². The summed E-state index contributed by atoms with van der Waals surface area (Å²) in [5.41, 5.74) is 0. The molecule has 0 spiro atoms. The van der Waals surface area contributed by atoms with Crippen molar-refractivity contribution in [2.75, 3.05) is 13.2 Å². The fourth-order valence-electron chi connectivity index (χ4n) is 8.57. The molecule has 0 aromatic rings. The zero-order valence-corrected chi connectivity index (χ0v) is 45.8. The van der Waals surface area contributed by atoms with E-state index in [-0.39, 0.29) is 37.5 Å². The fourth-order valence-corrected chi connectivity index (χ4v) is 8.57. The van der Waals surface area contributed by atoms with Crippen LogP contribution in [0.25, 0.3) is 0 Å². The van der Waals surface area contributed by atoms with E-state index < -0.39 is 6.10 Å². The van der Waals surface area contributed by atoms with E-state index in [4.69, 9.17) is 14.2 Å². The molecule has 6 heteroatoms. The maximum atomic E-state index is 12.9. The molecule has 69 heavy (non-hydrogen) atoms. The van der Waals surface area contributed by atoms with Gasteiger partial charge in [-0.2, -0.15) is 0 Å². The third-order valence-corrected chi connectivity index (χ3v) is 13.0. The van der Waals surface area contributed by atoms with Crippen LogP contribution in [-0.2, 0) is 28.6 Å². The Kier molecular flexibility index (Phi) is 55.3. The lowest BCUT2D eigenvalue weighted by Crippen LogP contribution is -2.30. The molecule has 0 aromatic heterocycles. The predicted octanol–water partition coefficient (Wildman–Crippen LogP) is 20.0. The average molecular weight is 966 g/mol. The quantitative estimate of drug-likeness (QED) is 0.0262. The summed E-state index contributed by atoms with van der Waals surface area (Å²) in [7, 11) is 0. The number of hydrogen-bond acceptors (Lipinski definition) is 6. The van der Waals surface area contributed by atoms with Crippen LogP contribution < -0.4 is 0 Å². The van der Waals surface area contributed by atoms with Gasteiger partial charge in [-0.25, -0.2) is 0 Å². The smallest absolute Gasteiger partial charge is 0.306 e. The lowest BCUT2D eigenvalue weighted by atomic mass is 10.0. The molecule has 0 saturated heterocycles. The second-order valence-electron chi connectivity index (χ2n) is 19.9. The molecule has 1 atom stereocenters. The summed E-state index contributed by atoms with van der Waals surface area (Å²) in [6.45, 7) is 6.50. The Morgan fingerprint density at radius 1 is 0.304 bits per heavy atom. The van der Waals surface area contributed by atoms with Crippen molar-refractivity contribution in [3.05, 3.63) is 60.8 Å². The van der Waals surface area contributed by atoms with Crippen LogP contribution in [0.1, 0.15) is 303 Å². The molecule has 0 rings (SSSR count). The lowest BCUT2D eigenvalue weighted by molar-refractivity contribution is -0.166. The summed E-state index contributed by atoms with van der Waals surface area (Å²) in [6.07, 6.45) is 72.3. The van der Waals surface area contributed by atoms with Gasteiger partial charge in [0.05, 0.1) is 0 Å². The number of allylic oxidation sites excluding steroid dienone is 10. The largest absolute Gasteiger partial charge is 0.462 e. The van der Waals surface area contributed by atoms with Crippen LogP contribution in [0.5, 0.6) is 0 Å². The average Bonchev–Trinajstić information content (AvgIpc) is 3.35. The first-order valence-corrected chi connectivity index (χ1v) is 29.8. The molecule has 0 amide bonds. The summed E-state index contributed by atoms with van der Waals surface area (Å²) in [6, 6.07) is 0. The van der Waals surface area contributed by atoms with E-state index in [1.54, 1.807) is 0 Å². The molecule has 0 radical (unpaired) electrons. The van der Waals surface area contributed by atoms with Gasteiger partial charge in [-0.05, 0) is 70.6 Å². The molecule has 0 aliphatic rings. The second kappa shape index (κ2) is 57.7. The Hall–Kier alpha value is -2.89. The van der Waals surface area contributed by atoms with E-state index in [0.29, 0.717) is 19.3 Å². The minimum absolute atomic E-state index is 0.0915. The highest BCUT2D eigenvalue weighted by Gasteiger charge is 2.19. The van der Waals surface area contributed by atoms with Gasteiger partial charge < -0.3 is 14.2 Å². The number of unbranched alkanes of at least 4 members (excludes halogenated alkanes) is 33. The molecule has 400 valence electrons. The van der Waals surface area contributed by atoms with E-state index in [9.17, 15) is 14.4 Å². The van der Waals surface area contributed by atoms with Crippen molar-refractivity contribution in [3.63, 3.8) is 0 Å². The lowest BCUT2D eigenvalue weighted by Gasteiger charge is -2.18. The highest BCUT2D eigenvalue weighted by Crippen LogP contribution is 2.17. The Balaban J connectivity index is 4.37. The molecule has 0 aliphatic heterocycles. The summed E-state index contributed by atoms with van der Waals surface area (Å²) < 4.78 is 16.8. The van der Waals surface area contributed by atoms with Gasteiger partial charge in [-0.15, -0.1) is 0 Å². The van der Waals surface area contributed by atoms with Crippen LogP contribution >= 0.6 is 0 Å².